The third-order valence-electron chi connectivity index (χ3n) is 4.18. The Hall–Kier alpha value is -3.03. The van der Waals surface area contributed by atoms with Crippen molar-refractivity contribution in [1.29, 1.82) is 0 Å². The van der Waals surface area contributed by atoms with Crippen molar-refractivity contribution in [2.45, 2.75) is 26.4 Å². The van der Waals surface area contributed by atoms with Crippen LogP contribution in [0.5, 0.6) is 0 Å². The van der Waals surface area contributed by atoms with Crippen molar-refractivity contribution in [3.63, 3.8) is 0 Å². The van der Waals surface area contributed by atoms with Crippen LogP contribution in [0.4, 0.5) is 18.0 Å². The van der Waals surface area contributed by atoms with E-state index in [4.69, 9.17) is 0 Å². The summed E-state index contributed by atoms with van der Waals surface area (Å²) in [5, 5.41) is 5.25. The molecule has 3 amide bonds. The van der Waals surface area contributed by atoms with Crippen LogP contribution in [-0.2, 0) is 11.3 Å². The lowest BCUT2D eigenvalue weighted by Gasteiger charge is -2.24. The van der Waals surface area contributed by atoms with Crippen LogP contribution in [-0.4, -0.2) is 29.9 Å². The monoisotopic (exact) mass is 393 g/mol. The number of nitrogens with zero attached hydrogens (tertiary/aromatic N) is 1. The molecule has 0 aliphatic carbocycles. The number of benzene rings is 2. The standard InChI is InChI=1S/C20H22F3N3O2/c1-3-26(12-19(27)24-11-14-4-6-15(21)7-5-14)20(28)25-13(2)17-9-8-16(22)10-18(17)23/h4-10,13H,3,11-12H2,1-2H3,(H,24,27)(H,25,28)/t13-/m1/s1. The Morgan fingerprint density at radius 1 is 1.04 bits per heavy atom. The van der Waals surface area contributed by atoms with Gasteiger partial charge in [0.1, 0.15) is 24.0 Å². The van der Waals surface area contributed by atoms with Gasteiger partial charge in [-0.2, -0.15) is 0 Å². The van der Waals surface area contributed by atoms with Gasteiger partial charge in [-0.15, -0.1) is 0 Å². The van der Waals surface area contributed by atoms with Crippen LogP contribution in [0.2, 0.25) is 0 Å². The van der Waals surface area contributed by atoms with E-state index in [1.54, 1.807) is 26.0 Å². The highest BCUT2D eigenvalue weighted by Gasteiger charge is 2.19. The quantitative estimate of drug-likeness (QED) is 0.756. The molecular weight excluding hydrogens is 371 g/mol. The van der Waals surface area contributed by atoms with E-state index in [9.17, 15) is 22.8 Å². The van der Waals surface area contributed by atoms with E-state index >= 15 is 0 Å². The zero-order valence-corrected chi connectivity index (χ0v) is 15.6. The minimum Gasteiger partial charge on any atom is -0.350 e. The third-order valence-corrected chi connectivity index (χ3v) is 4.18. The van der Waals surface area contributed by atoms with E-state index in [1.165, 1.54) is 23.1 Å². The molecule has 2 aromatic rings. The molecule has 2 aromatic carbocycles. The number of amides is 3. The maximum absolute atomic E-state index is 13.8. The number of carbonyl (C=O) groups is 2. The second-order valence-corrected chi connectivity index (χ2v) is 6.25. The molecule has 150 valence electrons. The summed E-state index contributed by atoms with van der Waals surface area (Å²) in [5.41, 5.74) is 0.870. The second-order valence-electron chi connectivity index (χ2n) is 6.25. The highest BCUT2D eigenvalue weighted by Crippen LogP contribution is 2.18. The zero-order chi connectivity index (χ0) is 20.7. The van der Waals surface area contributed by atoms with Gasteiger partial charge in [0.25, 0.3) is 0 Å². The Morgan fingerprint density at radius 3 is 2.29 bits per heavy atom. The van der Waals surface area contributed by atoms with Gasteiger partial charge in [0.05, 0.1) is 6.04 Å². The molecular formula is C20H22F3N3O2. The zero-order valence-electron chi connectivity index (χ0n) is 15.6. The van der Waals surface area contributed by atoms with Gasteiger partial charge < -0.3 is 15.5 Å². The molecule has 28 heavy (non-hydrogen) atoms. The lowest BCUT2D eigenvalue weighted by atomic mass is 10.1. The number of hydrogen-bond acceptors (Lipinski definition) is 2. The topological polar surface area (TPSA) is 61.4 Å². The van der Waals surface area contributed by atoms with Crippen LogP contribution in [0, 0.1) is 17.5 Å². The smallest absolute Gasteiger partial charge is 0.318 e. The number of urea groups is 1. The molecule has 1 atom stereocenters. The van der Waals surface area contributed by atoms with Crippen molar-refractivity contribution < 1.29 is 22.8 Å². The SMILES string of the molecule is CCN(CC(=O)NCc1ccc(F)cc1)C(=O)N[C@H](C)c1ccc(F)cc1F. The van der Waals surface area contributed by atoms with Gasteiger partial charge in [-0.25, -0.2) is 18.0 Å². The highest BCUT2D eigenvalue weighted by molar-refractivity contribution is 5.84. The van der Waals surface area contributed by atoms with Crippen LogP contribution in [0.15, 0.2) is 42.5 Å². The van der Waals surface area contributed by atoms with Crippen molar-refractivity contribution in [1.82, 2.24) is 15.5 Å². The predicted molar refractivity (Wildman–Crippen MR) is 98.8 cm³/mol. The van der Waals surface area contributed by atoms with E-state index in [0.29, 0.717) is 0 Å². The van der Waals surface area contributed by atoms with Crippen LogP contribution in [0.25, 0.3) is 0 Å². The molecule has 0 aromatic heterocycles. The first kappa shape index (κ1) is 21.3. The summed E-state index contributed by atoms with van der Waals surface area (Å²) < 4.78 is 39.7. The molecule has 0 heterocycles. The first-order valence-electron chi connectivity index (χ1n) is 8.81. The van der Waals surface area contributed by atoms with Crippen LogP contribution in [0.3, 0.4) is 0 Å². The Morgan fingerprint density at radius 2 is 1.68 bits per heavy atom. The number of carbonyl (C=O) groups excluding carboxylic acids is 2. The summed E-state index contributed by atoms with van der Waals surface area (Å²) in [4.78, 5) is 25.7. The Kier molecular flexibility index (Phi) is 7.43. The fourth-order valence-electron chi connectivity index (χ4n) is 2.57. The summed E-state index contributed by atoms with van der Waals surface area (Å²) in [6.45, 7) is 3.54. The first-order chi connectivity index (χ1) is 13.3. The number of halogens is 3. The van der Waals surface area contributed by atoms with Gasteiger partial charge in [0.15, 0.2) is 0 Å². The molecule has 2 rings (SSSR count). The average Bonchev–Trinajstić information content (AvgIpc) is 2.65. The maximum Gasteiger partial charge on any atom is 0.318 e. The third kappa shape index (κ3) is 6.00. The summed E-state index contributed by atoms with van der Waals surface area (Å²) in [5.74, 6) is -2.21. The number of rotatable bonds is 7. The van der Waals surface area contributed by atoms with Crippen molar-refractivity contribution in [2.24, 2.45) is 0 Å². The minimum absolute atomic E-state index is 0.145. The summed E-state index contributed by atoms with van der Waals surface area (Å²) in [6, 6.07) is 7.57. The van der Waals surface area contributed by atoms with Gasteiger partial charge in [0, 0.05) is 24.7 Å². The molecule has 5 nitrogen and oxygen atoms in total. The van der Waals surface area contributed by atoms with Crippen molar-refractivity contribution in [3.8, 4) is 0 Å². The molecule has 0 saturated carbocycles. The summed E-state index contributed by atoms with van der Waals surface area (Å²) >= 11 is 0. The molecule has 0 spiro atoms. The summed E-state index contributed by atoms with van der Waals surface area (Å²) in [7, 11) is 0. The normalized spacial score (nSPS) is 11.6. The fourth-order valence-corrected chi connectivity index (χ4v) is 2.57. The van der Waals surface area contributed by atoms with Crippen molar-refractivity contribution in [2.75, 3.05) is 13.1 Å². The predicted octanol–water partition coefficient (Wildman–Crippen LogP) is 3.51. The van der Waals surface area contributed by atoms with Gasteiger partial charge >= 0.3 is 6.03 Å². The van der Waals surface area contributed by atoms with Gasteiger partial charge in [0.2, 0.25) is 5.91 Å². The second kappa shape index (κ2) is 9.77. The Labute approximate surface area is 161 Å². The van der Waals surface area contributed by atoms with E-state index in [1.807, 2.05) is 0 Å². The first-order valence-corrected chi connectivity index (χ1v) is 8.81. The molecule has 0 aliphatic heterocycles. The molecule has 2 N–H and O–H groups in total. The van der Waals surface area contributed by atoms with Crippen LogP contribution >= 0.6 is 0 Å². The molecule has 0 fully saturated rings. The Bertz CT molecular complexity index is 828. The maximum atomic E-state index is 13.8. The lowest BCUT2D eigenvalue weighted by Crippen LogP contribution is -2.46. The Balaban J connectivity index is 1.89. The molecule has 0 radical (unpaired) electrons. The minimum atomic E-state index is -0.757. The van der Waals surface area contributed by atoms with Crippen LogP contribution < -0.4 is 10.6 Å². The largest absolute Gasteiger partial charge is 0.350 e. The van der Waals surface area contributed by atoms with Crippen molar-refractivity contribution >= 4 is 11.9 Å². The van der Waals surface area contributed by atoms with Gasteiger partial charge in [-0.1, -0.05) is 18.2 Å². The molecule has 0 unspecified atom stereocenters. The average molecular weight is 393 g/mol. The fraction of sp³-hybridized carbons (Fsp3) is 0.300. The van der Waals surface area contributed by atoms with Crippen molar-refractivity contribution in [3.05, 3.63) is 71.0 Å². The lowest BCUT2D eigenvalue weighted by molar-refractivity contribution is -0.121. The number of nitrogens with one attached hydrogen (secondary N) is 2. The number of hydrogen-bond donors (Lipinski definition) is 2. The summed E-state index contributed by atoms with van der Waals surface area (Å²) in [6.07, 6.45) is 0. The highest BCUT2D eigenvalue weighted by atomic mass is 19.1. The molecule has 0 bridgehead atoms. The van der Waals surface area contributed by atoms with Crippen LogP contribution in [0.1, 0.15) is 31.0 Å². The van der Waals surface area contributed by atoms with E-state index in [-0.39, 0.29) is 36.9 Å². The van der Waals surface area contributed by atoms with E-state index < -0.39 is 23.7 Å². The molecule has 8 heteroatoms. The molecule has 0 aliphatic rings. The van der Waals surface area contributed by atoms with E-state index in [2.05, 4.69) is 10.6 Å². The molecule has 0 saturated heterocycles. The number of likely N-dealkylation sites (N-methyl/N-ethyl adjacent to an activating group) is 1. The van der Waals surface area contributed by atoms with Gasteiger partial charge in [-0.3, -0.25) is 4.79 Å². The van der Waals surface area contributed by atoms with Gasteiger partial charge in [-0.05, 0) is 37.6 Å². The van der Waals surface area contributed by atoms with E-state index in [0.717, 1.165) is 17.7 Å².